The summed E-state index contributed by atoms with van der Waals surface area (Å²) in [5.74, 6) is 0. The number of anilines is 1. The zero-order chi connectivity index (χ0) is 17.6. The smallest absolute Gasteiger partial charge is 0.240 e. The van der Waals surface area contributed by atoms with Crippen molar-refractivity contribution in [3.63, 3.8) is 0 Å². The van der Waals surface area contributed by atoms with Crippen molar-refractivity contribution in [3.8, 4) is 11.1 Å². The zero-order valence-corrected chi connectivity index (χ0v) is 15.0. The lowest BCUT2D eigenvalue weighted by atomic mass is 10.1. The molecule has 0 radical (unpaired) electrons. The van der Waals surface area contributed by atoms with E-state index < -0.39 is 10.0 Å². The van der Waals surface area contributed by atoms with Crippen molar-refractivity contribution in [1.82, 2.24) is 9.62 Å². The summed E-state index contributed by atoms with van der Waals surface area (Å²) in [4.78, 5) is 2.45. The average molecular weight is 347 g/mol. The molecule has 0 saturated heterocycles. The number of nitrogens with one attached hydrogen (secondary N) is 1. The second kappa shape index (κ2) is 8.28. The Hall–Kier alpha value is -1.89. The molecule has 130 valence electrons. The molecule has 0 aliphatic carbocycles. The Morgan fingerprint density at radius 2 is 1.42 bits per heavy atom. The lowest BCUT2D eigenvalue weighted by Crippen LogP contribution is -2.34. The van der Waals surface area contributed by atoms with Crippen LogP contribution in [-0.4, -0.2) is 39.5 Å². The van der Waals surface area contributed by atoms with Gasteiger partial charge in [-0.15, -0.1) is 0 Å². The van der Waals surface area contributed by atoms with E-state index in [4.69, 9.17) is 5.73 Å². The van der Waals surface area contributed by atoms with Gasteiger partial charge in [-0.05, 0) is 48.5 Å². The highest BCUT2D eigenvalue weighted by molar-refractivity contribution is 7.89. The highest BCUT2D eigenvalue weighted by atomic mass is 32.2. The summed E-state index contributed by atoms with van der Waals surface area (Å²) in [5, 5.41) is 0. The fourth-order valence-corrected chi connectivity index (χ4v) is 3.48. The lowest BCUT2D eigenvalue weighted by Gasteiger charge is -2.18. The first-order chi connectivity index (χ1) is 11.5. The Labute approximate surface area is 144 Å². The van der Waals surface area contributed by atoms with E-state index in [-0.39, 0.29) is 4.90 Å². The molecule has 0 atom stereocenters. The number of nitrogens with two attached hydrogens (primary N) is 1. The first-order valence-corrected chi connectivity index (χ1v) is 9.62. The standard InChI is InChI=1S/C18H25N3O2S/c1-3-21(4-2)14-13-20-24(22,23)18-11-7-16(8-12-18)15-5-9-17(19)10-6-15/h5-12,20H,3-4,13-14,19H2,1-2H3. The van der Waals surface area contributed by atoms with E-state index >= 15 is 0 Å². The number of nitrogens with zero attached hydrogens (tertiary/aromatic N) is 1. The van der Waals surface area contributed by atoms with E-state index in [9.17, 15) is 8.42 Å². The van der Waals surface area contributed by atoms with Crippen LogP contribution in [0.25, 0.3) is 11.1 Å². The molecule has 0 aromatic heterocycles. The summed E-state index contributed by atoms with van der Waals surface area (Å²) in [6.45, 7) is 7.06. The summed E-state index contributed by atoms with van der Waals surface area (Å²) in [6, 6.07) is 14.4. The molecule has 3 N–H and O–H groups in total. The van der Waals surface area contributed by atoms with Crippen LogP contribution in [0, 0.1) is 0 Å². The Morgan fingerprint density at radius 3 is 1.92 bits per heavy atom. The molecule has 5 nitrogen and oxygen atoms in total. The third-order valence-electron chi connectivity index (χ3n) is 4.02. The second-order valence-electron chi connectivity index (χ2n) is 5.57. The molecular formula is C18H25N3O2S. The summed E-state index contributed by atoms with van der Waals surface area (Å²) >= 11 is 0. The number of likely N-dealkylation sites (N-methyl/N-ethyl adjacent to an activating group) is 1. The average Bonchev–Trinajstić information content (AvgIpc) is 2.59. The number of hydrogen-bond acceptors (Lipinski definition) is 4. The number of benzene rings is 2. The van der Waals surface area contributed by atoms with Crippen LogP contribution in [0.15, 0.2) is 53.4 Å². The van der Waals surface area contributed by atoms with Gasteiger partial charge in [0, 0.05) is 18.8 Å². The van der Waals surface area contributed by atoms with Crippen LogP contribution in [0.4, 0.5) is 5.69 Å². The molecule has 0 amide bonds. The van der Waals surface area contributed by atoms with Crippen molar-refractivity contribution in [1.29, 1.82) is 0 Å². The summed E-state index contributed by atoms with van der Waals surface area (Å²) < 4.78 is 27.3. The molecule has 0 unspecified atom stereocenters. The van der Waals surface area contributed by atoms with E-state index in [1.165, 1.54) is 0 Å². The molecular weight excluding hydrogens is 322 g/mol. The van der Waals surface area contributed by atoms with Crippen molar-refractivity contribution in [2.45, 2.75) is 18.7 Å². The molecule has 0 aliphatic rings. The normalized spacial score (nSPS) is 11.8. The van der Waals surface area contributed by atoms with Gasteiger partial charge in [0.2, 0.25) is 10.0 Å². The Morgan fingerprint density at radius 1 is 0.917 bits per heavy atom. The van der Waals surface area contributed by atoms with E-state index in [2.05, 4.69) is 23.5 Å². The highest BCUT2D eigenvalue weighted by Gasteiger charge is 2.13. The van der Waals surface area contributed by atoms with Gasteiger partial charge in [-0.25, -0.2) is 13.1 Å². The van der Waals surface area contributed by atoms with Crippen LogP contribution in [0.3, 0.4) is 0 Å². The van der Waals surface area contributed by atoms with E-state index in [1.807, 2.05) is 36.4 Å². The van der Waals surface area contributed by atoms with Gasteiger partial charge in [0.15, 0.2) is 0 Å². The first-order valence-electron chi connectivity index (χ1n) is 8.14. The van der Waals surface area contributed by atoms with Crippen LogP contribution >= 0.6 is 0 Å². The quantitative estimate of drug-likeness (QED) is 0.720. The van der Waals surface area contributed by atoms with Gasteiger partial charge in [-0.2, -0.15) is 0 Å². The predicted octanol–water partition coefficient (Wildman–Crippen LogP) is 2.56. The summed E-state index contributed by atoms with van der Waals surface area (Å²) in [6.07, 6.45) is 0. The molecule has 0 fully saturated rings. The van der Waals surface area contributed by atoms with Crippen molar-refractivity contribution >= 4 is 15.7 Å². The predicted molar refractivity (Wildman–Crippen MR) is 99.3 cm³/mol. The molecule has 6 heteroatoms. The molecule has 0 aliphatic heterocycles. The molecule has 0 saturated carbocycles. The maximum absolute atomic E-state index is 12.3. The molecule has 24 heavy (non-hydrogen) atoms. The van der Waals surface area contributed by atoms with Crippen molar-refractivity contribution in [2.24, 2.45) is 0 Å². The first kappa shape index (κ1) is 18.4. The lowest BCUT2D eigenvalue weighted by molar-refractivity contribution is 0.309. The fraction of sp³-hybridized carbons (Fsp3) is 0.333. The maximum Gasteiger partial charge on any atom is 0.240 e. The Bertz CT molecular complexity index is 737. The number of sulfonamides is 1. The van der Waals surface area contributed by atoms with E-state index in [1.54, 1.807) is 12.1 Å². The zero-order valence-electron chi connectivity index (χ0n) is 14.2. The van der Waals surface area contributed by atoms with Gasteiger partial charge in [-0.3, -0.25) is 0 Å². The molecule has 0 spiro atoms. The molecule has 2 rings (SSSR count). The van der Waals surface area contributed by atoms with Crippen LogP contribution in [0.1, 0.15) is 13.8 Å². The van der Waals surface area contributed by atoms with E-state index in [0.717, 1.165) is 24.2 Å². The second-order valence-corrected chi connectivity index (χ2v) is 7.34. The molecule has 0 heterocycles. The van der Waals surface area contributed by atoms with Gasteiger partial charge in [0.1, 0.15) is 0 Å². The highest BCUT2D eigenvalue weighted by Crippen LogP contribution is 2.22. The Balaban J connectivity index is 2.04. The molecule has 2 aromatic carbocycles. The van der Waals surface area contributed by atoms with Crippen molar-refractivity contribution in [3.05, 3.63) is 48.5 Å². The fourth-order valence-electron chi connectivity index (χ4n) is 2.46. The van der Waals surface area contributed by atoms with Gasteiger partial charge in [-0.1, -0.05) is 38.1 Å². The van der Waals surface area contributed by atoms with Crippen LogP contribution in [0.5, 0.6) is 0 Å². The number of hydrogen-bond donors (Lipinski definition) is 2. The largest absolute Gasteiger partial charge is 0.399 e. The number of nitrogen functional groups attached to an aromatic ring is 1. The minimum atomic E-state index is -3.47. The minimum Gasteiger partial charge on any atom is -0.399 e. The maximum atomic E-state index is 12.3. The summed E-state index contributed by atoms with van der Waals surface area (Å²) in [7, 11) is -3.47. The SMILES string of the molecule is CCN(CC)CCNS(=O)(=O)c1ccc(-c2ccc(N)cc2)cc1. The van der Waals surface area contributed by atoms with Crippen molar-refractivity contribution < 1.29 is 8.42 Å². The van der Waals surface area contributed by atoms with Crippen LogP contribution in [0.2, 0.25) is 0 Å². The van der Waals surface area contributed by atoms with Gasteiger partial charge in [0.05, 0.1) is 4.90 Å². The molecule has 2 aromatic rings. The van der Waals surface area contributed by atoms with Crippen LogP contribution < -0.4 is 10.5 Å². The molecule has 0 bridgehead atoms. The topological polar surface area (TPSA) is 75.4 Å². The van der Waals surface area contributed by atoms with Gasteiger partial charge >= 0.3 is 0 Å². The Kier molecular flexibility index (Phi) is 6.36. The van der Waals surface area contributed by atoms with Gasteiger partial charge in [0.25, 0.3) is 0 Å². The van der Waals surface area contributed by atoms with E-state index in [0.29, 0.717) is 18.8 Å². The third kappa shape index (κ3) is 4.80. The monoisotopic (exact) mass is 347 g/mol. The van der Waals surface area contributed by atoms with Gasteiger partial charge < -0.3 is 10.6 Å². The number of rotatable bonds is 8. The third-order valence-corrected chi connectivity index (χ3v) is 5.50. The van der Waals surface area contributed by atoms with Crippen LogP contribution in [-0.2, 0) is 10.0 Å². The minimum absolute atomic E-state index is 0.279. The van der Waals surface area contributed by atoms with Crippen molar-refractivity contribution in [2.75, 3.05) is 31.9 Å². The summed E-state index contributed by atoms with van der Waals surface area (Å²) in [5.41, 5.74) is 8.34.